The van der Waals surface area contributed by atoms with Crippen molar-refractivity contribution in [1.29, 1.82) is 0 Å². The average Bonchev–Trinajstić information content (AvgIpc) is 2.54. The summed E-state index contributed by atoms with van der Waals surface area (Å²) in [6, 6.07) is 5.66. The highest BCUT2D eigenvalue weighted by molar-refractivity contribution is 5.86. The molecule has 0 atom stereocenters. The van der Waals surface area contributed by atoms with E-state index in [1.54, 1.807) is 19.9 Å². The molecule has 7 heteroatoms. The Kier molecular flexibility index (Phi) is 7.35. The number of amides is 2. The first kappa shape index (κ1) is 19.6. The van der Waals surface area contributed by atoms with Crippen LogP contribution in [0.15, 0.2) is 24.3 Å². The van der Waals surface area contributed by atoms with Crippen molar-refractivity contribution >= 4 is 17.8 Å². The zero-order chi connectivity index (χ0) is 18.2. The number of carboxylic acids is 1. The number of carbonyl (C=O) groups excluding carboxylic acids is 2. The van der Waals surface area contributed by atoms with Crippen LogP contribution >= 0.6 is 0 Å². The van der Waals surface area contributed by atoms with Crippen LogP contribution in [0, 0.1) is 11.2 Å². The summed E-state index contributed by atoms with van der Waals surface area (Å²) >= 11 is 0. The monoisotopic (exact) mass is 338 g/mol. The van der Waals surface area contributed by atoms with Crippen molar-refractivity contribution in [3.05, 3.63) is 35.6 Å². The van der Waals surface area contributed by atoms with E-state index in [-0.39, 0.29) is 19.5 Å². The topological polar surface area (TPSA) is 95.5 Å². The Bertz CT molecular complexity index is 600. The first-order chi connectivity index (χ1) is 11.3. The molecule has 0 spiro atoms. The lowest BCUT2D eigenvalue weighted by Crippen LogP contribution is -2.45. The Hall–Kier alpha value is -2.44. The fourth-order valence-corrected chi connectivity index (χ4v) is 2.28. The molecule has 24 heavy (non-hydrogen) atoms. The van der Waals surface area contributed by atoms with Crippen molar-refractivity contribution in [1.82, 2.24) is 10.6 Å². The van der Waals surface area contributed by atoms with Gasteiger partial charge in [-0.1, -0.05) is 26.0 Å². The van der Waals surface area contributed by atoms with Gasteiger partial charge in [0.05, 0.1) is 18.4 Å². The second-order valence-electron chi connectivity index (χ2n) is 5.65. The van der Waals surface area contributed by atoms with Crippen molar-refractivity contribution in [2.24, 2.45) is 5.41 Å². The highest BCUT2D eigenvalue weighted by Crippen LogP contribution is 2.25. The lowest BCUT2D eigenvalue weighted by Gasteiger charge is -2.26. The Balaban J connectivity index is 2.43. The van der Waals surface area contributed by atoms with Crippen LogP contribution in [0.4, 0.5) is 4.39 Å². The minimum absolute atomic E-state index is 0.00787. The molecule has 0 aliphatic rings. The Morgan fingerprint density at radius 3 is 2.33 bits per heavy atom. The van der Waals surface area contributed by atoms with Crippen LogP contribution in [0.3, 0.4) is 0 Å². The summed E-state index contributed by atoms with van der Waals surface area (Å²) in [5, 5.41) is 14.3. The van der Waals surface area contributed by atoms with Crippen LogP contribution in [0.25, 0.3) is 0 Å². The molecule has 0 aliphatic carbocycles. The molecule has 0 aliphatic heterocycles. The van der Waals surface area contributed by atoms with Gasteiger partial charge in [-0.3, -0.25) is 14.4 Å². The molecule has 1 aromatic rings. The highest BCUT2D eigenvalue weighted by atomic mass is 19.1. The maximum Gasteiger partial charge on any atom is 0.311 e. The van der Waals surface area contributed by atoms with Crippen molar-refractivity contribution in [3.8, 4) is 0 Å². The predicted octanol–water partition coefficient (Wildman–Crippen LogP) is 1.49. The smallest absolute Gasteiger partial charge is 0.311 e. The number of carboxylic acid groups (broad SMARTS) is 1. The van der Waals surface area contributed by atoms with Gasteiger partial charge >= 0.3 is 5.97 Å². The zero-order valence-corrected chi connectivity index (χ0v) is 13.9. The number of hydrogen-bond acceptors (Lipinski definition) is 3. The molecule has 132 valence electrons. The number of rotatable bonds is 9. The van der Waals surface area contributed by atoms with E-state index in [9.17, 15) is 23.9 Å². The molecule has 0 fully saturated rings. The summed E-state index contributed by atoms with van der Waals surface area (Å²) in [4.78, 5) is 34.9. The molecule has 6 nitrogen and oxygen atoms in total. The lowest BCUT2D eigenvalue weighted by molar-refractivity contribution is -0.149. The van der Waals surface area contributed by atoms with Gasteiger partial charge in [0, 0.05) is 6.54 Å². The molecule has 0 bridgehead atoms. The number of carbonyl (C=O) groups is 3. The molecule has 0 radical (unpaired) electrons. The van der Waals surface area contributed by atoms with Crippen molar-refractivity contribution in [2.75, 3.05) is 13.1 Å². The van der Waals surface area contributed by atoms with Crippen molar-refractivity contribution in [2.45, 2.75) is 33.1 Å². The van der Waals surface area contributed by atoms with Gasteiger partial charge in [-0.25, -0.2) is 4.39 Å². The molecule has 0 heterocycles. The highest BCUT2D eigenvalue weighted by Gasteiger charge is 2.35. The fourth-order valence-electron chi connectivity index (χ4n) is 2.28. The molecule has 0 aromatic heterocycles. The van der Waals surface area contributed by atoms with Gasteiger partial charge in [-0.05, 0) is 30.5 Å². The first-order valence-corrected chi connectivity index (χ1v) is 7.84. The normalized spacial score (nSPS) is 11.0. The van der Waals surface area contributed by atoms with E-state index >= 15 is 0 Å². The quantitative estimate of drug-likeness (QED) is 0.636. The van der Waals surface area contributed by atoms with Crippen LogP contribution in [0.5, 0.6) is 0 Å². The van der Waals surface area contributed by atoms with Gasteiger partial charge in [0.15, 0.2) is 0 Å². The van der Waals surface area contributed by atoms with Gasteiger partial charge in [0.1, 0.15) is 5.82 Å². The van der Waals surface area contributed by atoms with Crippen molar-refractivity contribution < 1.29 is 23.9 Å². The number of benzene rings is 1. The third-order valence-electron chi connectivity index (χ3n) is 4.13. The van der Waals surface area contributed by atoms with Gasteiger partial charge in [0.25, 0.3) is 0 Å². The van der Waals surface area contributed by atoms with Crippen molar-refractivity contribution in [3.63, 3.8) is 0 Å². The van der Waals surface area contributed by atoms with E-state index in [1.807, 2.05) is 0 Å². The van der Waals surface area contributed by atoms with E-state index < -0.39 is 29.0 Å². The van der Waals surface area contributed by atoms with E-state index in [0.717, 1.165) is 0 Å². The summed E-state index contributed by atoms with van der Waals surface area (Å²) in [6.07, 6.45) is 0.754. The van der Waals surface area contributed by atoms with Gasteiger partial charge in [0.2, 0.25) is 11.8 Å². The molecule has 2 amide bonds. The van der Waals surface area contributed by atoms with E-state index in [1.165, 1.54) is 18.2 Å². The minimum Gasteiger partial charge on any atom is -0.481 e. The molecule has 1 aromatic carbocycles. The van der Waals surface area contributed by atoms with Crippen LogP contribution in [-0.4, -0.2) is 36.0 Å². The van der Waals surface area contributed by atoms with E-state index in [0.29, 0.717) is 18.4 Å². The summed E-state index contributed by atoms with van der Waals surface area (Å²) in [5.74, 6) is -2.26. The van der Waals surface area contributed by atoms with Gasteiger partial charge in [-0.2, -0.15) is 0 Å². The second-order valence-corrected chi connectivity index (χ2v) is 5.65. The lowest BCUT2D eigenvalue weighted by atomic mass is 9.82. The van der Waals surface area contributed by atoms with Gasteiger partial charge in [-0.15, -0.1) is 0 Å². The number of halogens is 1. The van der Waals surface area contributed by atoms with E-state index in [4.69, 9.17) is 0 Å². The maximum absolute atomic E-state index is 13.0. The van der Waals surface area contributed by atoms with Crippen LogP contribution < -0.4 is 10.6 Å². The van der Waals surface area contributed by atoms with Gasteiger partial charge < -0.3 is 15.7 Å². The summed E-state index contributed by atoms with van der Waals surface area (Å²) < 4.78 is 13.0. The van der Waals surface area contributed by atoms with Crippen LogP contribution in [0.1, 0.15) is 32.3 Å². The SMILES string of the molecule is CCC(CC)(CNC(=O)CNC(=O)Cc1cccc(F)c1)C(=O)O. The van der Waals surface area contributed by atoms with E-state index in [2.05, 4.69) is 10.6 Å². The molecule has 3 N–H and O–H groups in total. The number of aliphatic carboxylic acids is 1. The third-order valence-corrected chi connectivity index (χ3v) is 4.13. The second kappa shape index (κ2) is 9.00. The standard InChI is InChI=1S/C17H23FN2O4/c1-3-17(4-2,16(23)24)11-20-15(22)10-19-14(21)9-12-6-5-7-13(18)8-12/h5-8H,3-4,9-11H2,1-2H3,(H,19,21)(H,20,22)(H,23,24). The summed E-state index contributed by atoms with van der Waals surface area (Å²) in [5.41, 5.74) is -0.490. The maximum atomic E-state index is 13.0. The summed E-state index contributed by atoms with van der Waals surface area (Å²) in [7, 11) is 0. The zero-order valence-electron chi connectivity index (χ0n) is 13.9. The Labute approximate surface area is 140 Å². The Morgan fingerprint density at radius 1 is 1.12 bits per heavy atom. The minimum atomic E-state index is -0.999. The molecule has 0 saturated heterocycles. The van der Waals surface area contributed by atoms with Crippen LogP contribution in [0.2, 0.25) is 0 Å². The third kappa shape index (κ3) is 5.64. The number of hydrogen-bond donors (Lipinski definition) is 3. The average molecular weight is 338 g/mol. The predicted molar refractivity (Wildman–Crippen MR) is 86.8 cm³/mol. The summed E-state index contributed by atoms with van der Waals surface area (Å²) in [6.45, 7) is 3.26. The molecule has 0 saturated carbocycles. The molecular formula is C17H23FN2O4. The fraction of sp³-hybridized carbons (Fsp3) is 0.471. The molecule has 1 rings (SSSR count). The van der Waals surface area contributed by atoms with Crippen LogP contribution in [-0.2, 0) is 20.8 Å². The Morgan fingerprint density at radius 2 is 1.79 bits per heavy atom. The first-order valence-electron chi connectivity index (χ1n) is 7.84. The molecular weight excluding hydrogens is 315 g/mol. The molecule has 0 unspecified atom stereocenters. The number of nitrogens with one attached hydrogen (secondary N) is 2. The largest absolute Gasteiger partial charge is 0.481 e.